The van der Waals surface area contributed by atoms with Gasteiger partial charge in [0.05, 0.1) is 19.2 Å². The zero-order valence-electron chi connectivity index (χ0n) is 16.6. The smallest absolute Gasteiger partial charge is 0.257 e. The van der Waals surface area contributed by atoms with Crippen LogP contribution in [0.15, 0.2) is 34.7 Å². The third kappa shape index (κ3) is 3.48. The van der Waals surface area contributed by atoms with Crippen LogP contribution in [0.2, 0.25) is 0 Å². The molecule has 1 atom stereocenters. The van der Waals surface area contributed by atoms with E-state index < -0.39 is 17.3 Å². The SMILES string of the molecule is COc1ccc2c(c1F)C(=O)N(C[C@](C=O)(NOCN)c1cc3nc(N)ccc3o1)C2. The molecular weight excluding hydrogens is 409 g/mol. The van der Waals surface area contributed by atoms with Gasteiger partial charge in [0.25, 0.3) is 5.91 Å². The lowest BCUT2D eigenvalue weighted by atomic mass is 9.98. The average Bonchev–Trinajstić information content (AvgIpc) is 3.32. The normalized spacial score (nSPS) is 15.2. The van der Waals surface area contributed by atoms with Crippen molar-refractivity contribution in [1.82, 2.24) is 15.4 Å². The highest BCUT2D eigenvalue weighted by atomic mass is 19.1. The molecule has 5 N–H and O–H groups in total. The number of anilines is 1. The molecule has 0 fully saturated rings. The number of aromatic nitrogens is 1. The van der Waals surface area contributed by atoms with Crippen LogP contribution in [0, 0.1) is 5.82 Å². The zero-order valence-corrected chi connectivity index (χ0v) is 16.6. The van der Waals surface area contributed by atoms with Crippen molar-refractivity contribution >= 4 is 29.1 Å². The first kappa shape index (κ1) is 20.7. The number of amides is 1. The number of carbonyl (C=O) groups is 2. The number of methoxy groups -OCH3 is 1. The van der Waals surface area contributed by atoms with Gasteiger partial charge < -0.3 is 30.3 Å². The Bertz CT molecular complexity index is 1170. The van der Waals surface area contributed by atoms with Crippen LogP contribution >= 0.6 is 0 Å². The second-order valence-corrected chi connectivity index (χ2v) is 7.01. The number of hydroxylamine groups is 1. The zero-order chi connectivity index (χ0) is 22.2. The summed E-state index contributed by atoms with van der Waals surface area (Å²) < 4.78 is 25.4. The Balaban J connectivity index is 1.72. The molecule has 0 saturated carbocycles. The maximum atomic E-state index is 14.7. The fourth-order valence-corrected chi connectivity index (χ4v) is 3.59. The number of ether oxygens (including phenoxy) is 1. The lowest BCUT2D eigenvalue weighted by Gasteiger charge is -2.30. The molecule has 1 amide bonds. The Kier molecular flexibility index (Phi) is 5.31. The van der Waals surface area contributed by atoms with Crippen molar-refractivity contribution < 1.29 is 28.0 Å². The van der Waals surface area contributed by atoms with E-state index in [1.807, 2.05) is 0 Å². The summed E-state index contributed by atoms with van der Waals surface area (Å²) in [5.41, 5.74) is 13.3. The minimum Gasteiger partial charge on any atom is -0.494 e. The van der Waals surface area contributed by atoms with E-state index >= 15 is 0 Å². The Morgan fingerprint density at radius 1 is 1.39 bits per heavy atom. The molecule has 0 bridgehead atoms. The van der Waals surface area contributed by atoms with Gasteiger partial charge >= 0.3 is 0 Å². The monoisotopic (exact) mass is 429 g/mol. The quantitative estimate of drug-likeness (QED) is 0.272. The van der Waals surface area contributed by atoms with Crippen molar-refractivity contribution in [3.05, 3.63) is 53.0 Å². The molecule has 1 aromatic carbocycles. The van der Waals surface area contributed by atoms with Crippen molar-refractivity contribution in [2.45, 2.75) is 12.1 Å². The molecular formula is C20H20FN5O5. The summed E-state index contributed by atoms with van der Waals surface area (Å²) in [5.74, 6) is -0.978. The summed E-state index contributed by atoms with van der Waals surface area (Å²) in [7, 11) is 1.32. The van der Waals surface area contributed by atoms with Gasteiger partial charge in [-0.25, -0.2) is 9.37 Å². The van der Waals surface area contributed by atoms with E-state index in [0.29, 0.717) is 22.9 Å². The first-order valence-corrected chi connectivity index (χ1v) is 9.29. The minimum absolute atomic E-state index is 0.0406. The fourth-order valence-electron chi connectivity index (χ4n) is 3.59. The maximum absolute atomic E-state index is 14.7. The largest absolute Gasteiger partial charge is 0.494 e. The van der Waals surface area contributed by atoms with Gasteiger partial charge in [-0.1, -0.05) is 6.07 Å². The van der Waals surface area contributed by atoms with Crippen LogP contribution in [0.5, 0.6) is 5.75 Å². The number of pyridine rings is 1. The Hall–Kier alpha value is -3.54. The minimum atomic E-state index is -1.63. The predicted octanol–water partition coefficient (Wildman–Crippen LogP) is 1.05. The van der Waals surface area contributed by atoms with Gasteiger partial charge in [-0.05, 0) is 23.8 Å². The predicted molar refractivity (Wildman–Crippen MR) is 107 cm³/mol. The highest BCUT2D eigenvalue weighted by Gasteiger charge is 2.43. The number of hydrogen-bond acceptors (Lipinski definition) is 9. The van der Waals surface area contributed by atoms with Gasteiger partial charge in [0.2, 0.25) is 0 Å². The van der Waals surface area contributed by atoms with Crippen molar-refractivity contribution in [1.29, 1.82) is 0 Å². The number of nitrogens with zero attached hydrogens (tertiary/aromatic N) is 2. The molecule has 0 unspecified atom stereocenters. The van der Waals surface area contributed by atoms with E-state index in [4.69, 9.17) is 25.5 Å². The summed E-state index contributed by atoms with van der Waals surface area (Å²) in [4.78, 5) is 35.8. The number of fused-ring (bicyclic) bond motifs is 2. The molecule has 0 aliphatic carbocycles. The molecule has 1 aliphatic heterocycles. The molecule has 0 spiro atoms. The fraction of sp³-hybridized carbons (Fsp3) is 0.250. The average molecular weight is 429 g/mol. The Morgan fingerprint density at radius 2 is 2.19 bits per heavy atom. The van der Waals surface area contributed by atoms with Crippen LogP contribution in [-0.4, -0.2) is 42.5 Å². The molecule has 3 aromatic rings. The van der Waals surface area contributed by atoms with Crippen molar-refractivity contribution in [3.8, 4) is 5.75 Å². The van der Waals surface area contributed by atoms with Crippen LogP contribution in [0.1, 0.15) is 21.7 Å². The molecule has 1 aliphatic rings. The first-order valence-electron chi connectivity index (χ1n) is 9.29. The van der Waals surface area contributed by atoms with E-state index in [0.717, 1.165) is 0 Å². The third-order valence-electron chi connectivity index (χ3n) is 5.09. The lowest BCUT2D eigenvalue weighted by Crippen LogP contribution is -2.52. The van der Waals surface area contributed by atoms with Crippen molar-refractivity contribution in [3.63, 3.8) is 0 Å². The van der Waals surface area contributed by atoms with Crippen LogP contribution in [0.25, 0.3) is 11.1 Å². The summed E-state index contributed by atoms with van der Waals surface area (Å²) in [6.07, 6.45) is 0.539. The highest BCUT2D eigenvalue weighted by Crippen LogP contribution is 2.34. The van der Waals surface area contributed by atoms with E-state index in [9.17, 15) is 14.0 Å². The number of halogens is 1. The van der Waals surface area contributed by atoms with Crippen molar-refractivity contribution in [2.24, 2.45) is 5.73 Å². The molecule has 10 nitrogen and oxygen atoms in total. The van der Waals surface area contributed by atoms with E-state index in [1.54, 1.807) is 18.2 Å². The Morgan fingerprint density at radius 3 is 2.90 bits per heavy atom. The summed E-state index contributed by atoms with van der Waals surface area (Å²) >= 11 is 0. The maximum Gasteiger partial charge on any atom is 0.257 e. The van der Waals surface area contributed by atoms with Crippen LogP contribution < -0.4 is 21.7 Å². The van der Waals surface area contributed by atoms with Crippen LogP contribution in [-0.2, 0) is 21.7 Å². The van der Waals surface area contributed by atoms with Gasteiger partial charge in [-0.2, -0.15) is 5.48 Å². The number of nitrogens with one attached hydrogen (secondary N) is 1. The van der Waals surface area contributed by atoms with Gasteiger partial charge in [0.1, 0.15) is 23.8 Å². The second kappa shape index (κ2) is 7.95. The number of benzene rings is 1. The van der Waals surface area contributed by atoms with Crippen molar-refractivity contribution in [2.75, 3.05) is 26.1 Å². The molecule has 4 rings (SSSR count). The summed E-state index contributed by atoms with van der Waals surface area (Å²) in [5, 5.41) is 0. The van der Waals surface area contributed by atoms with Crippen LogP contribution in [0.4, 0.5) is 10.2 Å². The first-order chi connectivity index (χ1) is 14.9. The van der Waals surface area contributed by atoms with Gasteiger partial charge in [0.15, 0.2) is 29.0 Å². The number of furan rings is 1. The van der Waals surface area contributed by atoms with E-state index in [2.05, 4.69) is 10.5 Å². The molecule has 11 heteroatoms. The molecule has 0 saturated heterocycles. The standard InChI is InChI=1S/C20H20FN5O5/c1-29-14-3-2-11-7-26(19(28)17(11)18(14)21)8-20(9-27,25-30-10-22)15-6-12-13(31-15)4-5-16(23)24-12/h2-6,9,25H,7-8,10,22H2,1H3,(H2,23,24)/t20-/m1/s1. The number of aldehydes is 1. The number of nitrogens with two attached hydrogens (primary N) is 2. The number of hydrogen-bond donors (Lipinski definition) is 3. The molecule has 31 heavy (non-hydrogen) atoms. The third-order valence-corrected chi connectivity index (χ3v) is 5.09. The topological polar surface area (TPSA) is 146 Å². The molecule has 3 heterocycles. The summed E-state index contributed by atoms with van der Waals surface area (Å²) in [6.45, 7) is -0.386. The summed E-state index contributed by atoms with van der Waals surface area (Å²) in [6, 6.07) is 7.74. The van der Waals surface area contributed by atoms with Crippen LogP contribution in [0.3, 0.4) is 0 Å². The number of carbonyl (C=O) groups excluding carboxylic acids is 2. The number of nitrogen functional groups attached to an aromatic ring is 1. The molecule has 162 valence electrons. The van der Waals surface area contributed by atoms with Gasteiger partial charge in [-0.15, -0.1) is 0 Å². The lowest BCUT2D eigenvalue weighted by molar-refractivity contribution is -0.124. The highest BCUT2D eigenvalue weighted by molar-refractivity contribution is 5.99. The van der Waals surface area contributed by atoms with Gasteiger partial charge in [-0.3, -0.25) is 9.63 Å². The van der Waals surface area contributed by atoms with Gasteiger partial charge in [0, 0.05) is 12.6 Å². The number of rotatable bonds is 8. The second-order valence-electron chi connectivity index (χ2n) is 7.01. The molecule has 2 aromatic heterocycles. The Labute approximate surface area is 175 Å². The molecule has 0 radical (unpaired) electrons. The van der Waals surface area contributed by atoms with E-state index in [1.165, 1.54) is 24.1 Å². The van der Waals surface area contributed by atoms with E-state index in [-0.39, 0.29) is 42.7 Å².